The smallest absolute Gasteiger partial charge is 0.393 e. The third kappa shape index (κ3) is 4.84. The van der Waals surface area contributed by atoms with Crippen LogP contribution in [0.15, 0.2) is 22.8 Å². The van der Waals surface area contributed by atoms with Crippen LogP contribution in [0.5, 0.6) is 0 Å². The largest absolute Gasteiger partial charge is 0.417 e. The van der Waals surface area contributed by atoms with Crippen molar-refractivity contribution in [3.8, 4) is 0 Å². The Hall–Kier alpha value is -2.37. The number of aliphatic imine (C=N–C) groups is 1. The first kappa shape index (κ1) is 22.8. The normalized spacial score (nSPS) is 25.6. The third-order valence-electron chi connectivity index (χ3n) is 6.38. The zero-order valence-electron chi connectivity index (χ0n) is 17.8. The number of piperidine rings is 1. The average molecular weight is 454 g/mol. The van der Waals surface area contributed by atoms with Crippen molar-refractivity contribution >= 4 is 17.5 Å². The van der Waals surface area contributed by atoms with Crippen LogP contribution in [0.1, 0.15) is 36.8 Å². The van der Waals surface area contributed by atoms with Crippen LogP contribution in [0.25, 0.3) is 5.70 Å². The zero-order valence-corrected chi connectivity index (χ0v) is 17.8. The highest BCUT2D eigenvalue weighted by Crippen LogP contribution is 2.43. The van der Waals surface area contributed by atoms with E-state index in [4.69, 9.17) is 16.2 Å². The number of ether oxygens (including phenoxy) is 1. The average Bonchev–Trinajstić information content (AvgIpc) is 2.74. The Kier molecular flexibility index (Phi) is 6.59. The van der Waals surface area contributed by atoms with E-state index in [9.17, 15) is 18.3 Å². The maximum atomic E-state index is 13.9. The van der Waals surface area contributed by atoms with Gasteiger partial charge in [-0.2, -0.15) is 13.2 Å². The molecule has 3 aliphatic rings. The molecule has 1 atom stereocenters. The standard InChI is InChI=1S/C21H29F3N6O2/c22-21(23,24)16-11-18(25)27-12-15(16)19(28-20(26)30-7-9-32-10-8-30)14-1-2-17(14)29-5-3-13(31)4-6-29/h11-13,17,31H,1-10H2,(H2,25,27)(H2,26,28)/b19-14-. The van der Waals surface area contributed by atoms with Crippen LogP contribution in [0.4, 0.5) is 19.0 Å². The Balaban J connectivity index is 1.77. The summed E-state index contributed by atoms with van der Waals surface area (Å²) >= 11 is 0. The SMILES string of the molecule is NC(=N/C(=C1/CCC1N1CCC(O)CC1)c1cnc(N)cc1C(F)(F)F)N1CCOCC1. The first-order valence-electron chi connectivity index (χ1n) is 10.9. The van der Waals surface area contributed by atoms with E-state index in [0.717, 1.165) is 24.3 Å². The van der Waals surface area contributed by atoms with Gasteiger partial charge in [0.2, 0.25) is 0 Å². The number of alkyl halides is 3. The highest BCUT2D eigenvalue weighted by atomic mass is 19.4. The summed E-state index contributed by atoms with van der Waals surface area (Å²) in [6.07, 6.45) is -1.05. The van der Waals surface area contributed by atoms with Crippen molar-refractivity contribution in [2.45, 2.75) is 44.0 Å². The lowest BCUT2D eigenvalue weighted by molar-refractivity contribution is -0.137. The number of aliphatic hydroxyl groups is 1. The van der Waals surface area contributed by atoms with E-state index in [1.54, 1.807) is 0 Å². The Morgan fingerprint density at radius 1 is 1.16 bits per heavy atom. The van der Waals surface area contributed by atoms with E-state index in [0.29, 0.717) is 58.7 Å². The van der Waals surface area contributed by atoms with Crippen molar-refractivity contribution in [3.63, 3.8) is 0 Å². The van der Waals surface area contributed by atoms with Gasteiger partial charge in [-0.1, -0.05) is 0 Å². The second-order valence-electron chi connectivity index (χ2n) is 8.42. The van der Waals surface area contributed by atoms with Crippen LogP contribution in [-0.2, 0) is 10.9 Å². The molecule has 11 heteroatoms. The number of likely N-dealkylation sites (tertiary alicyclic amines) is 1. The number of halogens is 3. The summed E-state index contributed by atoms with van der Waals surface area (Å²) in [5.74, 6) is -0.0359. The third-order valence-corrected chi connectivity index (χ3v) is 6.38. The highest BCUT2D eigenvalue weighted by Gasteiger charge is 2.39. The molecule has 2 saturated heterocycles. The number of nitrogens with zero attached hydrogens (tertiary/aromatic N) is 4. The molecule has 0 radical (unpaired) electrons. The van der Waals surface area contributed by atoms with E-state index in [1.807, 2.05) is 4.90 Å². The van der Waals surface area contributed by atoms with Gasteiger partial charge < -0.3 is 26.2 Å². The number of morpholine rings is 1. The number of nitrogen functional groups attached to an aromatic ring is 1. The number of guanidine groups is 1. The van der Waals surface area contributed by atoms with Crippen LogP contribution in [-0.4, -0.2) is 77.4 Å². The van der Waals surface area contributed by atoms with Crippen LogP contribution < -0.4 is 11.5 Å². The minimum Gasteiger partial charge on any atom is -0.393 e. The molecule has 0 amide bonds. The highest BCUT2D eigenvalue weighted by molar-refractivity contribution is 5.87. The molecule has 1 aliphatic carbocycles. The monoisotopic (exact) mass is 454 g/mol. The minimum atomic E-state index is -4.62. The molecule has 0 bridgehead atoms. The fourth-order valence-corrected chi connectivity index (χ4v) is 4.47. The van der Waals surface area contributed by atoms with Crippen molar-refractivity contribution in [2.75, 3.05) is 45.1 Å². The maximum absolute atomic E-state index is 13.9. The van der Waals surface area contributed by atoms with Crippen molar-refractivity contribution in [1.29, 1.82) is 0 Å². The quantitative estimate of drug-likeness (QED) is 0.470. The molecule has 3 heterocycles. The van der Waals surface area contributed by atoms with Crippen LogP contribution in [0, 0.1) is 0 Å². The fraction of sp³-hybridized carbons (Fsp3) is 0.619. The van der Waals surface area contributed by atoms with Crippen molar-refractivity contribution < 1.29 is 23.0 Å². The number of hydrogen-bond acceptors (Lipinski definition) is 6. The predicted molar refractivity (Wildman–Crippen MR) is 114 cm³/mol. The van der Waals surface area contributed by atoms with Gasteiger partial charge in [0.1, 0.15) is 5.82 Å². The van der Waals surface area contributed by atoms with E-state index >= 15 is 0 Å². The summed E-state index contributed by atoms with van der Waals surface area (Å²) in [5.41, 5.74) is 11.9. The first-order chi connectivity index (χ1) is 15.2. The molecule has 176 valence electrons. The Morgan fingerprint density at radius 3 is 2.44 bits per heavy atom. The summed E-state index contributed by atoms with van der Waals surface area (Å²) in [5, 5.41) is 9.83. The molecular weight excluding hydrogens is 425 g/mol. The molecule has 3 fully saturated rings. The van der Waals surface area contributed by atoms with Gasteiger partial charge in [0, 0.05) is 44.0 Å². The Morgan fingerprint density at radius 2 is 1.84 bits per heavy atom. The van der Waals surface area contributed by atoms with E-state index in [1.165, 1.54) is 0 Å². The lowest BCUT2D eigenvalue weighted by atomic mass is 9.80. The summed E-state index contributed by atoms with van der Waals surface area (Å²) in [4.78, 5) is 12.5. The molecule has 1 unspecified atom stereocenters. The number of aliphatic hydroxyl groups excluding tert-OH is 1. The molecule has 0 aromatic carbocycles. The predicted octanol–water partition coefficient (Wildman–Crippen LogP) is 1.66. The number of rotatable bonds is 3. The lowest BCUT2D eigenvalue weighted by Crippen LogP contribution is -2.48. The van der Waals surface area contributed by atoms with Crippen LogP contribution >= 0.6 is 0 Å². The van der Waals surface area contributed by atoms with Crippen molar-refractivity contribution in [1.82, 2.24) is 14.8 Å². The number of pyridine rings is 1. The van der Waals surface area contributed by atoms with Gasteiger partial charge in [-0.3, -0.25) is 4.90 Å². The van der Waals surface area contributed by atoms with Gasteiger partial charge in [-0.05, 0) is 37.3 Å². The van der Waals surface area contributed by atoms with Gasteiger partial charge in [-0.15, -0.1) is 0 Å². The fourth-order valence-electron chi connectivity index (χ4n) is 4.47. The molecular formula is C21H29F3N6O2. The molecule has 1 saturated carbocycles. The first-order valence-corrected chi connectivity index (χ1v) is 10.9. The molecule has 2 aliphatic heterocycles. The second kappa shape index (κ2) is 9.24. The summed E-state index contributed by atoms with van der Waals surface area (Å²) in [6, 6.07) is 0.818. The zero-order chi connectivity index (χ0) is 22.9. The number of anilines is 1. The molecule has 1 aromatic rings. The van der Waals surface area contributed by atoms with Crippen molar-refractivity contribution in [2.24, 2.45) is 10.7 Å². The Bertz CT molecular complexity index is 890. The maximum Gasteiger partial charge on any atom is 0.417 e. The van der Waals surface area contributed by atoms with Gasteiger partial charge >= 0.3 is 6.18 Å². The lowest BCUT2D eigenvalue weighted by Gasteiger charge is -2.43. The molecule has 0 spiro atoms. The van der Waals surface area contributed by atoms with Crippen LogP contribution in [0.3, 0.4) is 0 Å². The molecule has 4 rings (SSSR count). The Labute approximate surface area is 184 Å². The van der Waals surface area contributed by atoms with E-state index < -0.39 is 11.7 Å². The van der Waals surface area contributed by atoms with Crippen LogP contribution in [0.2, 0.25) is 0 Å². The summed E-state index contributed by atoms with van der Waals surface area (Å²) in [6.45, 7) is 3.40. The second-order valence-corrected chi connectivity index (χ2v) is 8.42. The minimum absolute atomic E-state index is 0.0302. The van der Waals surface area contributed by atoms with Gasteiger partial charge in [0.15, 0.2) is 5.96 Å². The number of aromatic nitrogens is 1. The topological polar surface area (TPSA) is 113 Å². The van der Waals surface area contributed by atoms with Gasteiger partial charge in [0.05, 0.1) is 30.6 Å². The van der Waals surface area contributed by atoms with Gasteiger partial charge in [-0.25, -0.2) is 9.98 Å². The summed E-state index contributed by atoms with van der Waals surface area (Å²) < 4.78 is 47.1. The molecule has 5 N–H and O–H groups in total. The molecule has 32 heavy (non-hydrogen) atoms. The number of hydrogen-bond donors (Lipinski definition) is 3. The van der Waals surface area contributed by atoms with Gasteiger partial charge in [0.25, 0.3) is 0 Å². The van der Waals surface area contributed by atoms with E-state index in [-0.39, 0.29) is 35.2 Å². The van der Waals surface area contributed by atoms with E-state index in [2.05, 4.69) is 14.9 Å². The molecule has 8 nitrogen and oxygen atoms in total. The number of nitrogens with two attached hydrogens (primary N) is 2. The summed E-state index contributed by atoms with van der Waals surface area (Å²) in [7, 11) is 0. The van der Waals surface area contributed by atoms with Crippen molar-refractivity contribution in [3.05, 3.63) is 29.0 Å². The molecule has 1 aromatic heterocycles.